The predicted octanol–water partition coefficient (Wildman–Crippen LogP) is 1.08. The minimum atomic E-state index is -0.385. The van der Waals surface area contributed by atoms with Crippen LogP contribution in [0.3, 0.4) is 0 Å². The summed E-state index contributed by atoms with van der Waals surface area (Å²) >= 11 is 1.12. The van der Waals surface area contributed by atoms with E-state index in [0.29, 0.717) is 12.5 Å². The Morgan fingerprint density at radius 1 is 1.58 bits per heavy atom. The van der Waals surface area contributed by atoms with Crippen LogP contribution in [-0.2, 0) is 11.3 Å². The van der Waals surface area contributed by atoms with Crippen LogP contribution in [0.5, 0.6) is 0 Å². The number of hydrogen-bond acceptors (Lipinski definition) is 4. The topological polar surface area (TPSA) is 74.0 Å². The summed E-state index contributed by atoms with van der Waals surface area (Å²) in [6, 6.07) is 0. The quantitative estimate of drug-likeness (QED) is 0.774. The number of carbonyl (C=O) groups excluding carboxylic acids is 1. The summed E-state index contributed by atoms with van der Waals surface area (Å²) in [7, 11) is 0. The lowest BCUT2D eigenvalue weighted by atomic mass is 9.74. The molecule has 1 atom stereocenters. The van der Waals surface area contributed by atoms with Gasteiger partial charge in [-0.1, -0.05) is 25.2 Å². The van der Waals surface area contributed by atoms with Gasteiger partial charge in [0.1, 0.15) is 0 Å². The Balaban J connectivity index is 1.92. The van der Waals surface area contributed by atoms with Crippen LogP contribution in [0.4, 0.5) is 0 Å². The highest BCUT2D eigenvalue weighted by Crippen LogP contribution is 2.31. The fourth-order valence-electron chi connectivity index (χ4n) is 2.46. The minimum Gasteiger partial charge on any atom is -0.350 e. The molecule has 1 fully saturated rings. The molecule has 0 aromatic carbocycles. The zero-order valence-electron chi connectivity index (χ0n) is 11.4. The van der Waals surface area contributed by atoms with Gasteiger partial charge < -0.3 is 15.6 Å². The van der Waals surface area contributed by atoms with Crippen LogP contribution in [0.15, 0.2) is 10.2 Å². The second kappa shape index (κ2) is 5.88. The van der Waals surface area contributed by atoms with E-state index in [0.717, 1.165) is 43.0 Å². The number of H-pyrrole nitrogens is 1. The van der Waals surface area contributed by atoms with Crippen molar-refractivity contribution in [3.05, 3.63) is 20.7 Å². The maximum Gasteiger partial charge on any atom is 0.304 e. The highest BCUT2D eigenvalue weighted by Gasteiger charge is 2.36. The van der Waals surface area contributed by atoms with Crippen LogP contribution < -0.4 is 15.5 Å². The second-order valence-corrected chi connectivity index (χ2v) is 6.46. The van der Waals surface area contributed by atoms with Crippen molar-refractivity contribution in [1.29, 1.82) is 0 Å². The smallest absolute Gasteiger partial charge is 0.304 e. The van der Waals surface area contributed by atoms with Gasteiger partial charge in [0, 0.05) is 16.5 Å². The molecule has 1 saturated heterocycles. The van der Waals surface area contributed by atoms with Gasteiger partial charge in [0.25, 0.3) is 0 Å². The molecule has 1 aliphatic rings. The Bertz CT molecular complexity index is 486. The SMILES string of the molecule is CC(C)(C(=O)NCc1csc(=O)[nH]1)C1CCCNC1. The molecule has 1 unspecified atom stereocenters. The highest BCUT2D eigenvalue weighted by atomic mass is 32.1. The number of hydrogen-bond donors (Lipinski definition) is 3. The number of nitrogens with one attached hydrogen (secondary N) is 3. The van der Waals surface area contributed by atoms with Crippen LogP contribution >= 0.6 is 11.3 Å². The van der Waals surface area contributed by atoms with Gasteiger partial charge in [0.2, 0.25) is 5.91 Å². The van der Waals surface area contributed by atoms with E-state index in [1.54, 1.807) is 5.38 Å². The molecule has 0 saturated carbocycles. The van der Waals surface area contributed by atoms with E-state index in [-0.39, 0.29) is 16.2 Å². The maximum atomic E-state index is 12.3. The summed E-state index contributed by atoms with van der Waals surface area (Å²) in [6.07, 6.45) is 2.21. The van der Waals surface area contributed by atoms with Gasteiger partial charge in [-0.15, -0.1) is 0 Å². The first-order valence-corrected chi connectivity index (χ1v) is 7.54. The van der Waals surface area contributed by atoms with Crippen LogP contribution in [0.25, 0.3) is 0 Å². The van der Waals surface area contributed by atoms with Gasteiger partial charge in [-0.05, 0) is 31.8 Å². The molecule has 3 N–H and O–H groups in total. The molecule has 19 heavy (non-hydrogen) atoms. The Labute approximate surface area is 116 Å². The molecule has 1 amide bonds. The van der Waals surface area contributed by atoms with E-state index >= 15 is 0 Å². The molecule has 1 aromatic rings. The van der Waals surface area contributed by atoms with Gasteiger partial charge >= 0.3 is 4.87 Å². The number of thiazole rings is 1. The van der Waals surface area contributed by atoms with E-state index in [4.69, 9.17) is 0 Å². The van der Waals surface area contributed by atoms with E-state index in [1.807, 2.05) is 13.8 Å². The average molecular weight is 283 g/mol. The first-order valence-electron chi connectivity index (χ1n) is 6.66. The van der Waals surface area contributed by atoms with Crippen LogP contribution in [0.2, 0.25) is 0 Å². The summed E-state index contributed by atoms with van der Waals surface area (Å²) in [4.78, 5) is 26.0. The monoisotopic (exact) mass is 283 g/mol. The molecule has 0 bridgehead atoms. The Kier molecular flexibility index (Phi) is 4.42. The molecule has 2 heterocycles. The fourth-order valence-corrected chi connectivity index (χ4v) is 3.04. The van der Waals surface area contributed by atoms with Gasteiger partial charge in [0.05, 0.1) is 6.54 Å². The summed E-state index contributed by atoms with van der Waals surface area (Å²) in [5.74, 6) is 0.413. The zero-order valence-corrected chi connectivity index (χ0v) is 12.2. The van der Waals surface area contributed by atoms with Gasteiger partial charge in [-0.2, -0.15) is 0 Å². The van der Waals surface area contributed by atoms with Crippen molar-refractivity contribution in [3.8, 4) is 0 Å². The largest absolute Gasteiger partial charge is 0.350 e. The average Bonchev–Trinajstić information content (AvgIpc) is 2.82. The maximum absolute atomic E-state index is 12.3. The van der Waals surface area contributed by atoms with E-state index in [9.17, 15) is 9.59 Å². The second-order valence-electron chi connectivity index (χ2n) is 5.62. The standard InChI is InChI=1S/C13H21N3O2S/c1-13(2,9-4-3-5-14-6-9)11(17)15-7-10-8-19-12(18)16-10/h8-9,14H,3-7H2,1-2H3,(H,15,17)(H,16,18). The Morgan fingerprint density at radius 3 is 2.95 bits per heavy atom. The molecule has 2 rings (SSSR count). The fraction of sp³-hybridized carbons (Fsp3) is 0.692. The van der Waals surface area contributed by atoms with E-state index < -0.39 is 0 Å². The first-order chi connectivity index (χ1) is 9.00. The van der Waals surface area contributed by atoms with Crippen LogP contribution in [-0.4, -0.2) is 24.0 Å². The molecule has 0 spiro atoms. The van der Waals surface area contributed by atoms with E-state index in [2.05, 4.69) is 15.6 Å². The molecule has 1 aromatic heterocycles. The van der Waals surface area contributed by atoms with Gasteiger partial charge in [-0.25, -0.2) is 0 Å². The molecule has 106 valence electrons. The number of carbonyl (C=O) groups is 1. The van der Waals surface area contributed by atoms with E-state index in [1.165, 1.54) is 0 Å². The lowest BCUT2D eigenvalue weighted by molar-refractivity contribution is -0.132. The lowest BCUT2D eigenvalue weighted by Crippen LogP contribution is -2.47. The Morgan fingerprint density at radius 2 is 2.37 bits per heavy atom. The predicted molar refractivity (Wildman–Crippen MR) is 76.2 cm³/mol. The van der Waals surface area contributed by atoms with Crippen molar-refractivity contribution >= 4 is 17.2 Å². The van der Waals surface area contributed by atoms with Crippen LogP contribution in [0, 0.1) is 11.3 Å². The summed E-state index contributed by atoms with van der Waals surface area (Å²) in [5, 5.41) is 8.01. The number of rotatable bonds is 4. The molecular formula is C13H21N3O2S. The lowest BCUT2D eigenvalue weighted by Gasteiger charge is -2.36. The van der Waals surface area contributed by atoms with Crippen LogP contribution in [0.1, 0.15) is 32.4 Å². The normalized spacial score (nSPS) is 20.2. The van der Waals surface area contributed by atoms with Gasteiger partial charge in [0.15, 0.2) is 0 Å². The molecule has 5 nitrogen and oxygen atoms in total. The molecular weight excluding hydrogens is 262 g/mol. The Hall–Kier alpha value is -1.14. The van der Waals surface area contributed by atoms with Gasteiger partial charge in [-0.3, -0.25) is 9.59 Å². The summed E-state index contributed by atoms with van der Waals surface area (Å²) in [5.41, 5.74) is 0.380. The number of amides is 1. The number of aromatic amines is 1. The van der Waals surface area contributed by atoms with Crippen molar-refractivity contribution in [2.24, 2.45) is 11.3 Å². The molecule has 0 radical (unpaired) electrons. The molecule has 1 aliphatic heterocycles. The summed E-state index contributed by atoms with van der Waals surface area (Å²) < 4.78 is 0. The minimum absolute atomic E-state index is 0.0493. The summed E-state index contributed by atoms with van der Waals surface area (Å²) in [6.45, 7) is 6.33. The molecule has 0 aliphatic carbocycles. The molecule has 6 heteroatoms. The zero-order chi connectivity index (χ0) is 13.9. The first kappa shape index (κ1) is 14.3. The van der Waals surface area contributed by atoms with Crippen molar-refractivity contribution in [1.82, 2.24) is 15.6 Å². The number of piperidine rings is 1. The third-order valence-corrected chi connectivity index (χ3v) is 4.63. The van der Waals surface area contributed by atoms with Crippen molar-refractivity contribution in [2.45, 2.75) is 33.2 Å². The number of aromatic nitrogens is 1. The van der Waals surface area contributed by atoms with Crippen molar-refractivity contribution in [2.75, 3.05) is 13.1 Å². The van der Waals surface area contributed by atoms with Crippen molar-refractivity contribution in [3.63, 3.8) is 0 Å². The van der Waals surface area contributed by atoms with Crippen molar-refractivity contribution < 1.29 is 4.79 Å². The third kappa shape index (κ3) is 3.45. The third-order valence-electron chi connectivity index (χ3n) is 3.91. The highest BCUT2D eigenvalue weighted by molar-refractivity contribution is 7.07.